The molecule has 39 heavy (non-hydrogen) atoms. The number of benzene rings is 1. The largest absolute Gasteiger partial charge is 0.514 e. The minimum absolute atomic E-state index is 0.0744. The minimum atomic E-state index is -1.00. The van der Waals surface area contributed by atoms with Gasteiger partial charge in [0.15, 0.2) is 11.5 Å². The molecule has 2 atom stereocenters. The van der Waals surface area contributed by atoms with Crippen LogP contribution < -0.4 is 14.8 Å². The van der Waals surface area contributed by atoms with Crippen molar-refractivity contribution >= 4 is 24.2 Å². The Morgan fingerprint density at radius 1 is 0.897 bits per heavy atom. The first-order valence-corrected chi connectivity index (χ1v) is 12.9. The minimum Gasteiger partial charge on any atom is -0.468 e. The lowest BCUT2D eigenvalue weighted by Crippen LogP contribution is -2.41. The molecule has 1 N–H and O–H groups in total. The van der Waals surface area contributed by atoms with Gasteiger partial charge in [0.05, 0.1) is 7.11 Å². The van der Waals surface area contributed by atoms with E-state index in [9.17, 15) is 19.2 Å². The lowest BCUT2D eigenvalue weighted by molar-refractivity contribution is -0.144. The zero-order chi connectivity index (χ0) is 29.8. The number of nitrogens with one attached hydrogen (secondary N) is 1. The van der Waals surface area contributed by atoms with Gasteiger partial charge in [0.1, 0.15) is 23.9 Å². The highest BCUT2D eigenvalue weighted by Crippen LogP contribution is 2.31. The summed E-state index contributed by atoms with van der Waals surface area (Å²) in [6, 6.07) is 3.68. The monoisotopic (exact) mass is 553 g/mol. The highest BCUT2D eigenvalue weighted by molar-refractivity contribution is 5.76. The molecule has 11 heteroatoms. The number of carbonyl (C=O) groups is 4. The summed E-state index contributed by atoms with van der Waals surface area (Å²) < 4.78 is 31.1. The van der Waals surface area contributed by atoms with Gasteiger partial charge in [-0.2, -0.15) is 0 Å². The molecule has 0 aliphatic heterocycles. The molecule has 1 aromatic rings. The van der Waals surface area contributed by atoms with E-state index in [-0.39, 0.29) is 43.0 Å². The number of hydrogen-bond donors (Lipinski definition) is 1. The Kier molecular flexibility index (Phi) is 13.2. The van der Waals surface area contributed by atoms with Gasteiger partial charge in [-0.25, -0.2) is 9.59 Å². The van der Waals surface area contributed by atoms with Crippen molar-refractivity contribution in [2.24, 2.45) is 5.92 Å². The van der Waals surface area contributed by atoms with E-state index in [0.29, 0.717) is 12.0 Å². The molecule has 0 aliphatic rings. The zero-order valence-corrected chi connectivity index (χ0v) is 24.5. The van der Waals surface area contributed by atoms with Gasteiger partial charge >= 0.3 is 24.2 Å². The molecular weight excluding hydrogens is 510 g/mol. The van der Waals surface area contributed by atoms with Gasteiger partial charge in [-0.1, -0.05) is 26.3 Å². The van der Waals surface area contributed by atoms with Crippen LogP contribution >= 0.6 is 0 Å². The van der Waals surface area contributed by atoms with Crippen LogP contribution in [0.5, 0.6) is 11.5 Å². The number of rotatable bonds is 12. The molecular formula is C28H43NO10. The molecule has 0 heterocycles. The molecule has 1 aromatic carbocycles. The second-order valence-corrected chi connectivity index (χ2v) is 11.1. The van der Waals surface area contributed by atoms with Gasteiger partial charge in [0, 0.05) is 13.0 Å². The van der Waals surface area contributed by atoms with Gasteiger partial charge in [0.2, 0.25) is 0 Å². The third-order valence-corrected chi connectivity index (χ3v) is 5.07. The summed E-state index contributed by atoms with van der Waals surface area (Å²) in [5.74, 6) is -0.785. The van der Waals surface area contributed by atoms with E-state index in [1.807, 2.05) is 13.8 Å². The predicted octanol–water partition coefficient (Wildman–Crippen LogP) is 4.97. The van der Waals surface area contributed by atoms with Gasteiger partial charge in [-0.05, 0) is 71.6 Å². The van der Waals surface area contributed by atoms with Gasteiger partial charge < -0.3 is 33.7 Å². The SMILES string of the molecule is CCC(C)CC(=O)OCCN[C@@H](Cc1ccc(OC(=O)OC(C)(C)C)c(OC(=O)OC(C)(C)C)c1)C(=O)OC. The van der Waals surface area contributed by atoms with Crippen molar-refractivity contribution in [3.8, 4) is 11.5 Å². The number of ether oxygens (including phenoxy) is 6. The van der Waals surface area contributed by atoms with E-state index in [0.717, 1.165) is 6.42 Å². The maximum atomic E-state index is 12.4. The third-order valence-electron chi connectivity index (χ3n) is 5.07. The molecule has 0 aromatic heterocycles. The van der Waals surface area contributed by atoms with E-state index in [1.165, 1.54) is 19.2 Å². The Morgan fingerprint density at radius 2 is 1.46 bits per heavy atom. The van der Waals surface area contributed by atoms with Crippen LogP contribution in [0.1, 0.15) is 73.8 Å². The molecule has 1 unspecified atom stereocenters. The summed E-state index contributed by atoms with van der Waals surface area (Å²) in [6.07, 6.45) is -0.657. The molecule has 220 valence electrons. The molecule has 0 radical (unpaired) electrons. The van der Waals surface area contributed by atoms with Gasteiger partial charge in [-0.15, -0.1) is 0 Å². The van der Waals surface area contributed by atoms with Crippen molar-refractivity contribution in [2.75, 3.05) is 20.3 Å². The van der Waals surface area contributed by atoms with Crippen molar-refractivity contribution in [3.63, 3.8) is 0 Å². The van der Waals surface area contributed by atoms with Crippen molar-refractivity contribution in [2.45, 2.75) is 91.9 Å². The molecule has 0 saturated carbocycles. The normalized spacial score (nSPS) is 13.1. The molecule has 0 saturated heterocycles. The summed E-state index contributed by atoms with van der Waals surface area (Å²) in [5, 5.41) is 3.02. The van der Waals surface area contributed by atoms with Crippen LogP contribution in [0.15, 0.2) is 18.2 Å². The van der Waals surface area contributed by atoms with Crippen molar-refractivity contribution in [3.05, 3.63) is 23.8 Å². The fourth-order valence-corrected chi connectivity index (χ4v) is 3.07. The van der Waals surface area contributed by atoms with Crippen LogP contribution in [0, 0.1) is 5.92 Å². The fourth-order valence-electron chi connectivity index (χ4n) is 3.07. The average Bonchev–Trinajstić information content (AvgIpc) is 2.79. The van der Waals surface area contributed by atoms with E-state index in [1.54, 1.807) is 47.6 Å². The lowest BCUT2D eigenvalue weighted by atomic mass is 10.1. The summed E-state index contributed by atoms with van der Waals surface area (Å²) in [6.45, 7) is 14.3. The molecule has 1 rings (SSSR count). The Bertz CT molecular complexity index is 978. The van der Waals surface area contributed by atoms with E-state index in [4.69, 9.17) is 28.4 Å². The second-order valence-electron chi connectivity index (χ2n) is 11.1. The third kappa shape index (κ3) is 14.4. The zero-order valence-electron chi connectivity index (χ0n) is 24.5. The first-order valence-electron chi connectivity index (χ1n) is 12.9. The first kappa shape index (κ1) is 33.7. The van der Waals surface area contributed by atoms with E-state index < -0.39 is 35.5 Å². The first-order chi connectivity index (χ1) is 18.0. The second kappa shape index (κ2) is 15.3. The molecule has 0 fully saturated rings. The number of esters is 2. The Hall–Kier alpha value is -3.34. The summed E-state index contributed by atoms with van der Waals surface area (Å²) >= 11 is 0. The van der Waals surface area contributed by atoms with Crippen molar-refractivity contribution in [1.82, 2.24) is 5.32 Å². The van der Waals surface area contributed by atoms with Gasteiger partial charge in [0.25, 0.3) is 0 Å². The fraction of sp³-hybridized carbons (Fsp3) is 0.643. The smallest absolute Gasteiger partial charge is 0.468 e. The average molecular weight is 554 g/mol. The topological polar surface area (TPSA) is 136 Å². The highest BCUT2D eigenvalue weighted by Gasteiger charge is 2.25. The summed E-state index contributed by atoms with van der Waals surface area (Å²) in [7, 11) is 1.26. The van der Waals surface area contributed by atoms with Crippen LogP contribution in [0.25, 0.3) is 0 Å². The van der Waals surface area contributed by atoms with Crippen LogP contribution in [0.3, 0.4) is 0 Å². The van der Waals surface area contributed by atoms with E-state index in [2.05, 4.69) is 5.32 Å². The number of methoxy groups -OCH3 is 1. The highest BCUT2D eigenvalue weighted by atomic mass is 16.8. The van der Waals surface area contributed by atoms with Crippen LogP contribution in [0.2, 0.25) is 0 Å². The van der Waals surface area contributed by atoms with Crippen molar-refractivity contribution < 1.29 is 47.6 Å². The van der Waals surface area contributed by atoms with Crippen LogP contribution in [-0.4, -0.2) is 61.8 Å². The summed E-state index contributed by atoms with van der Waals surface area (Å²) in [5.41, 5.74) is -1.06. The molecule has 0 spiro atoms. The Balaban J connectivity index is 3.03. The number of carbonyl (C=O) groups excluding carboxylic acids is 4. The van der Waals surface area contributed by atoms with Crippen LogP contribution in [0.4, 0.5) is 9.59 Å². The maximum Gasteiger partial charge on any atom is 0.514 e. The lowest BCUT2D eigenvalue weighted by Gasteiger charge is -2.21. The van der Waals surface area contributed by atoms with E-state index >= 15 is 0 Å². The Labute approximate surface area is 230 Å². The predicted molar refractivity (Wildman–Crippen MR) is 143 cm³/mol. The Morgan fingerprint density at radius 3 is 1.97 bits per heavy atom. The van der Waals surface area contributed by atoms with Crippen molar-refractivity contribution in [1.29, 1.82) is 0 Å². The molecule has 11 nitrogen and oxygen atoms in total. The molecule has 0 bridgehead atoms. The van der Waals surface area contributed by atoms with Gasteiger partial charge in [-0.3, -0.25) is 9.59 Å². The summed E-state index contributed by atoms with van der Waals surface area (Å²) in [4.78, 5) is 48.9. The maximum absolute atomic E-state index is 12.4. The molecule has 0 aliphatic carbocycles. The standard InChI is InChI=1S/C28H43NO10/c1-10-18(2)15-23(30)35-14-13-29-20(24(31)34-9)16-19-11-12-21(36-25(32)38-27(3,4)5)22(17-19)37-26(33)39-28(6,7)8/h11-12,17-18,20,29H,10,13-16H2,1-9H3/t18?,20-/m0/s1. The number of hydrogen-bond acceptors (Lipinski definition) is 11. The molecule has 0 amide bonds. The van der Waals surface area contributed by atoms with Crippen LogP contribution in [-0.2, 0) is 35.0 Å². The quantitative estimate of drug-likeness (QED) is 0.163.